The Morgan fingerprint density at radius 2 is 2.16 bits per heavy atom. The van der Waals surface area contributed by atoms with E-state index in [9.17, 15) is 4.79 Å². The van der Waals surface area contributed by atoms with Crippen LogP contribution in [-0.2, 0) is 4.74 Å². The number of nitrogens with zero attached hydrogens (tertiary/aromatic N) is 2. The van der Waals surface area contributed by atoms with Crippen molar-refractivity contribution in [1.82, 2.24) is 9.88 Å². The molecular formula is C14H21ClN2O2. The third kappa shape index (κ3) is 5.17. The Morgan fingerprint density at radius 3 is 2.68 bits per heavy atom. The summed E-state index contributed by atoms with van der Waals surface area (Å²) in [5, 5.41) is 0.347. The van der Waals surface area contributed by atoms with Gasteiger partial charge in [-0.25, -0.2) is 4.98 Å². The number of carbonyl (C=O) groups excluding carboxylic acids is 1. The highest BCUT2D eigenvalue weighted by Gasteiger charge is 2.17. The normalized spacial score (nSPS) is 10.8. The second-order valence-corrected chi connectivity index (χ2v) is 5.34. The monoisotopic (exact) mass is 284 g/mol. The number of aromatic nitrogens is 1. The molecule has 0 N–H and O–H groups in total. The largest absolute Gasteiger partial charge is 0.383 e. The molecule has 1 rings (SSSR count). The van der Waals surface area contributed by atoms with Gasteiger partial charge in [0.15, 0.2) is 0 Å². The highest BCUT2D eigenvalue weighted by molar-refractivity contribution is 6.29. The van der Waals surface area contributed by atoms with E-state index < -0.39 is 0 Å². The van der Waals surface area contributed by atoms with Crippen LogP contribution in [0.2, 0.25) is 5.15 Å². The standard InChI is InChI=1S/C14H21ClN2O2/c1-10(2)9-17(5-6-19-4)14(18)12-7-11(3)16-13(15)8-12/h7-8,10H,5-6,9H2,1-4H3. The van der Waals surface area contributed by atoms with Gasteiger partial charge in [-0.15, -0.1) is 0 Å². The van der Waals surface area contributed by atoms with Crippen molar-refractivity contribution in [3.05, 3.63) is 28.5 Å². The van der Waals surface area contributed by atoms with Crippen molar-refractivity contribution >= 4 is 17.5 Å². The summed E-state index contributed by atoms with van der Waals surface area (Å²) >= 11 is 5.90. The lowest BCUT2D eigenvalue weighted by atomic mass is 10.1. The summed E-state index contributed by atoms with van der Waals surface area (Å²) in [6.45, 7) is 7.78. The van der Waals surface area contributed by atoms with Crippen LogP contribution in [0.3, 0.4) is 0 Å². The van der Waals surface area contributed by atoms with Crippen LogP contribution in [0.25, 0.3) is 0 Å². The van der Waals surface area contributed by atoms with Gasteiger partial charge < -0.3 is 9.64 Å². The molecule has 4 nitrogen and oxygen atoms in total. The Hall–Kier alpha value is -1.13. The van der Waals surface area contributed by atoms with Crippen LogP contribution in [0.4, 0.5) is 0 Å². The SMILES string of the molecule is COCCN(CC(C)C)C(=O)c1cc(C)nc(Cl)c1. The van der Waals surface area contributed by atoms with E-state index in [2.05, 4.69) is 18.8 Å². The minimum absolute atomic E-state index is 0.0295. The van der Waals surface area contributed by atoms with E-state index in [1.807, 2.05) is 6.92 Å². The highest BCUT2D eigenvalue weighted by atomic mass is 35.5. The summed E-state index contributed by atoms with van der Waals surface area (Å²) < 4.78 is 5.06. The number of aryl methyl sites for hydroxylation is 1. The molecule has 0 aliphatic carbocycles. The molecule has 1 aromatic heterocycles. The van der Waals surface area contributed by atoms with Gasteiger partial charge in [-0.1, -0.05) is 25.4 Å². The number of halogens is 1. The number of hydrogen-bond acceptors (Lipinski definition) is 3. The van der Waals surface area contributed by atoms with Crippen LogP contribution in [0, 0.1) is 12.8 Å². The Labute approximate surface area is 119 Å². The van der Waals surface area contributed by atoms with E-state index >= 15 is 0 Å². The smallest absolute Gasteiger partial charge is 0.254 e. The fourth-order valence-electron chi connectivity index (χ4n) is 1.85. The molecule has 0 saturated heterocycles. The number of amides is 1. The van der Waals surface area contributed by atoms with Gasteiger partial charge in [0, 0.05) is 31.5 Å². The van der Waals surface area contributed by atoms with Gasteiger partial charge in [0.1, 0.15) is 5.15 Å². The number of rotatable bonds is 6. The highest BCUT2D eigenvalue weighted by Crippen LogP contribution is 2.13. The molecular weight excluding hydrogens is 264 g/mol. The molecule has 0 atom stereocenters. The van der Waals surface area contributed by atoms with Crippen molar-refractivity contribution in [3.8, 4) is 0 Å². The number of carbonyl (C=O) groups is 1. The molecule has 0 aliphatic heterocycles. The van der Waals surface area contributed by atoms with Crippen LogP contribution in [0.5, 0.6) is 0 Å². The Kier molecular flexibility index (Phi) is 6.25. The van der Waals surface area contributed by atoms with Crippen LogP contribution in [0.1, 0.15) is 29.9 Å². The van der Waals surface area contributed by atoms with E-state index in [1.165, 1.54) is 0 Å². The summed E-state index contributed by atoms with van der Waals surface area (Å²) in [5.41, 5.74) is 1.32. The Morgan fingerprint density at radius 1 is 1.47 bits per heavy atom. The minimum Gasteiger partial charge on any atom is -0.383 e. The zero-order valence-corrected chi connectivity index (χ0v) is 12.7. The summed E-state index contributed by atoms with van der Waals surface area (Å²) in [4.78, 5) is 18.3. The van der Waals surface area contributed by atoms with Crippen molar-refractivity contribution < 1.29 is 9.53 Å². The number of methoxy groups -OCH3 is 1. The molecule has 0 saturated carbocycles. The van der Waals surface area contributed by atoms with Gasteiger partial charge in [0.05, 0.1) is 6.61 Å². The maximum atomic E-state index is 12.5. The summed E-state index contributed by atoms with van der Waals surface area (Å²) in [6, 6.07) is 3.37. The number of pyridine rings is 1. The molecule has 0 spiro atoms. The first-order valence-corrected chi connectivity index (χ1v) is 6.74. The molecule has 1 aromatic rings. The third-order valence-corrected chi connectivity index (χ3v) is 2.80. The second kappa shape index (κ2) is 7.46. The number of ether oxygens (including phenoxy) is 1. The number of hydrogen-bond donors (Lipinski definition) is 0. The van der Waals surface area contributed by atoms with Crippen LogP contribution in [0.15, 0.2) is 12.1 Å². The van der Waals surface area contributed by atoms with Gasteiger partial charge in [-0.2, -0.15) is 0 Å². The van der Waals surface area contributed by atoms with Crippen molar-refractivity contribution in [3.63, 3.8) is 0 Å². The van der Waals surface area contributed by atoms with Crippen LogP contribution < -0.4 is 0 Å². The van der Waals surface area contributed by atoms with E-state index in [-0.39, 0.29) is 5.91 Å². The van der Waals surface area contributed by atoms with E-state index in [4.69, 9.17) is 16.3 Å². The first-order valence-electron chi connectivity index (χ1n) is 6.36. The molecule has 0 fully saturated rings. The van der Waals surface area contributed by atoms with Crippen molar-refractivity contribution in [2.75, 3.05) is 26.8 Å². The van der Waals surface area contributed by atoms with E-state index in [0.717, 1.165) is 5.69 Å². The molecule has 0 bridgehead atoms. The van der Waals surface area contributed by atoms with Gasteiger partial charge >= 0.3 is 0 Å². The molecule has 1 amide bonds. The Bertz CT molecular complexity index is 415. The second-order valence-electron chi connectivity index (χ2n) is 4.96. The van der Waals surface area contributed by atoms with Crippen molar-refractivity contribution in [1.29, 1.82) is 0 Å². The molecule has 0 aliphatic rings. The van der Waals surface area contributed by atoms with Crippen LogP contribution in [-0.4, -0.2) is 42.6 Å². The Balaban J connectivity index is 2.90. The van der Waals surface area contributed by atoms with Gasteiger partial charge in [-0.3, -0.25) is 4.79 Å². The fourth-order valence-corrected chi connectivity index (χ4v) is 2.10. The molecule has 0 aromatic carbocycles. The quantitative estimate of drug-likeness (QED) is 0.755. The van der Waals surface area contributed by atoms with Crippen molar-refractivity contribution in [2.24, 2.45) is 5.92 Å². The first-order chi connectivity index (χ1) is 8.93. The van der Waals surface area contributed by atoms with Crippen molar-refractivity contribution in [2.45, 2.75) is 20.8 Å². The summed E-state index contributed by atoms with van der Waals surface area (Å²) in [6.07, 6.45) is 0. The minimum atomic E-state index is -0.0295. The van der Waals surface area contributed by atoms with Gasteiger partial charge in [0.25, 0.3) is 5.91 Å². The average molecular weight is 285 g/mol. The lowest BCUT2D eigenvalue weighted by Crippen LogP contribution is -2.36. The van der Waals surface area contributed by atoms with E-state index in [0.29, 0.717) is 36.3 Å². The maximum absolute atomic E-state index is 12.5. The maximum Gasteiger partial charge on any atom is 0.254 e. The zero-order valence-electron chi connectivity index (χ0n) is 11.9. The zero-order chi connectivity index (χ0) is 14.4. The topological polar surface area (TPSA) is 42.4 Å². The lowest BCUT2D eigenvalue weighted by Gasteiger charge is -2.24. The molecule has 106 valence electrons. The van der Waals surface area contributed by atoms with E-state index in [1.54, 1.807) is 24.1 Å². The fraction of sp³-hybridized carbons (Fsp3) is 0.571. The van der Waals surface area contributed by atoms with Gasteiger partial charge in [0.2, 0.25) is 0 Å². The molecule has 0 radical (unpaired) electrons. The molecule has 1 heterocycles. The van der Waals surface area contributed by atoms with Crippen LogP contribution >= 0.6 is 11.6 Å². The summed E-state index contributed by atoms with van der Waals surface area (Å²) in [7, 11) is 1.63. The van der Waals surface area contributed by atoms with Gasteiger partial charge in [-0.05, 0) is 25.0 Å². The third-order valence-electron chi connectivity index (χ3n) is 2.61. The first kappa shape index (κ1) is 15.9. The molecule has 0 unspecified atom stereocenters. The molecule has 19 heavy (non-hydrogen) atoms. The predicted molar refractivity (Wildman–Crippen MR) is 76.6 cm³/mol. The molecule has 5 heteroatoms. The lowest BCUT2D eigenvalue weighted by molar-refractivity contribution is 0.0672. The average Bonchev–Trinajstić information content (AvgIpc) is 2.32. The predicted octanol–water partition coefficient (Wildman–Crippen LogP) is 2.79. The summed E-state index contributed by atoms with van der Waals surface area (Å²) in [5.74, 6) is 0.373.